The summed E-state index contributed by atoms with van der Waals surface area (Å²) in [5.41, 5.74) is 6.92. The minimum absolute atomic E-state index is 0.0975. The minimum Gasteiger partial charge on any atom is -0.343 e. The fourth-order valence-corrected chi connectivity index (χ4v) is 3.13. The molecule has 1 atom stereocenters. The van der Waals surface area contributed by atoms with Crippen LogP contribution in [0.4, 0.5) is 0 Å². The largest absolute Gasteiger partial charge is 0.343 e. The van der Waals surface area contributed by atoms with Crippen LogP contribution in [0.15, 0.2) is 16.8 Å². The zero-order valence-electron chi connectivity index (χ0n) is 11.3. The number of nitrogens with one attached hydrogen (secondary N) is 1. The average molecular weight is 305 g/mol. The van der Waals surface area contributed by atoms with Gasteiger partial charge in [-0.3, -0.25) is 4.79 Å². The molecule has 2 heterocycles. The fourth-order valence-electron chi connectivity index (χ4n) is 1.57. The average Bonchev–Trinajstić information content (AvgIpc) is 3.05. The van der Waals surface area contributed by atoms with Gasteiger partial charge in [-0.1, -0.05) is 11.8 Å². The van der Waals surface area contributed by atoms with Crippen LogP contribution in [0.3, 0.4) is 0 Å². The first-order chi connectivity index (χ1) is 9.60. The molecule has 0 bridgehead atoms. The third-order valence-electron chi connectivity index (χ3n) is 2.53. The lowest BCUT2D eigenvalue weighted by molar-refractivity contribution is 0.0940. The summed E-state index contributed by atoms with van der Waals surface area (Å²) in [6.45, 7) is 4.19. The first kappa shape index (κ1) is 14.7. The minimum atomic E-state index is -0.109. The van der Waals surface area contributed by atoms with E-state index in [9.17, 15) is 4.79 Å². The maximum absolute atomic E-state index is 12.1. The number of amides is 1. The van der Waals surface area contributed by atoms with Crippen molar-refractivity contribution in [2.75, 3.05) is 6.54 Å². The SMILES string of the molecule is Cc1csc(C(C)NC(=O)c2csc(C#CCN)c2)n1. The predicted molar refractivity (Wildman–Crippen MR) is 83.0 cm³/mol. The van der Waals surface area contributed by atoms with Crippen molar-refractivity contribution in [2.45, 2.75) is 19.9 Å². The molecule has 0 aliphatic carbocycles. The standard InChI is InChI=1S/C14H15N3OS2/c1-9-7-20-14(16-9)10(2)17-13(18)11-6-12(19-8-11)4-3-5-15/h6-8,10H,5,15H2,1-2H3,(H,17,18). The van der Waals surface area contributed by atoms with E-state index in [1.807, 2.05) is 19.2 Å². The van der Waals surface area contributed by atoms with Gasteiger partial charge in [0.05, 0.1) is 23.0 Å². The van der Waals surface area contributed by atoms with E-state index in [0.717, 1.165) is 15.6 Å². The van der Waals surface area contributed by atoms with Crippen LogP contribution >= 0.6 is 22.7 Å². The van der Waals surface area contributed by atoms with Gasteiger partial charge in [0, 0.05) is 16.5 Å². The van der Waals surface area contributed by atoms with Crippen molar-refractivity contribution in [3.8, 4) is 11.8 Å². The van der Waals surface area contributed by atoms with Crippen LogP contribution in [0.5, 0.6) is 0 Å². The van der Waals surface area contributed by atoms with Crippen molar-refractivity contribution < 1.29 is 4.79 Å². The normalized spacial score (nSPS) is 11.6. The van der Waals surface area contributed by atoms with E-state index in [1.165, 1.54) is 11.3 Å². The highest BCUT2D eigenvalue weighted by Gasteiger charge is 2.15. The van der Waals surface area contributed by atoms with Gasteiger partial charge < -0.3 is 11.1 Å². The Labute approximate surface area is 126 Å². The number of nitrogens with two attached hydrogens (primary N) is 1. The van der Waals surface area contributed by atoms with Gasteiger partial charge in [-0.2, -0.15) is 0 Å². The molecule has 1 amide bonds. The lowest BCUT2D eigenvalue weighted by Gasteiger charge is -2.10. The summed E-state index contributed by atoms with van der Waals surface area (Å²) >= 11 is 2.99. The molecule has 6 heteroatoms. The van der Waals surface area contributed by atoms with Crippen LogP contribution in [-0.4, -0.2) is 17.4 Å². The van der Waals surface area contributed by atoms with Gasteiger partial charge in [-0.15, -0.1) is 22.7 Å². The molecule has 2 aromatic heterocycles. The van der Waals surface area contributed by atoms with Gasteiger partial charge in [0.1, 0.15) is 5.01 Å². The summed E-state index contributed by atoms with van der Waals surface area (Å²) < 4.78 is 0. The van der Waals surface area contributed by atoms with Crippen molar-refractivity contribution in [3.05, 3.63) is 38.0 Å². The quantitative estimate of drug-likeness (QED) is 0.855. The Hall–Kier alpha value is -1.68. The number of aromatic nitrogens is 1. The molecule has 104 valence electrons. The van der Waals surface area contributed by atoms with Crippen molar-refractivity contribution in [3.63, 3.8) is 0 Å². The number of hydrogen-bond donors (Lipinski definition) is 2. The molecule has 0 aliphatic heterocycles. The maximum Gasteiger partial charge on any atom is 0.252 e. The molecule has 0 spiro atoms. The summed E-state index contributed by atoms with van der Waals surface area (Å²) in [5.74, 6) is 5.59. The third-order valence-corrected chi connectivity index (χ3v) is 4.52. The van der Waals surface area contributed by atoms with Gasteiger partial charge in [0.15, 0.2) is 0 Å². The molecule has 0 fully saturated rings. The molecule has 0 saturated carbocycles. The number of carbonyl (C=O) groups is 1. The van der Waals surface area contributed by atoms with E-state index in [1.54, 1.807) is 22.8 Å². The van der Waals surface area contributed by atoms with Gasteiger partial charge in [-0.25, -0.2) is 4.98 Å². The van der Waals surface area contributed by atoms with Gasteiger partial charge >= 0.3 is 0 Å². The highest BCUT2D eigenvalue weighted by molar-refractivity contribution is 7.10. The zero-order chi connectivity index (χ0) is 14.5. The molecule has 0 saturated heterocycles. The van der Waals surface area contributed by atoms with Crippen LogP contribution in [0.2, 0.25) is 0 Å². The third kappa shape index (κ3) is 3.67. The zero-order valence-corrected chi connectivity index (χ0v) is 12.9. The Balaban J connectivity index is 2.02. The van der Waals surface area contributed by atoms with E-state index < -0.39 is 0 Å². The second-order valence-electron chi connectivity index (χ2n) is 4.23. The number of hydrogen-bond acceptors (Lipinski definition) is 5. The van der Waals surface area contributed by atoms with Crippen LogP contribution < -0.4 is 11.1 Å². The van der Waals surface area contributed by atoms with Crippen molar-refractivity contribution in [1.29, 1.82) is 0 Å². The molecule has 4 nitrogen and oxygen atoms in total. The van der Waals surface area contributed by atoms with Crippen molar-refractivity contribution in [1.82, 2.24) is 10.3 Å². The second kappa shape index (κ2) is 6.66. The van der Waals surface area contributed by atoms with Crippen molar-refractivity contribution in [2.24, 2.45) is 5.73 Å². The van der Waals surface area contributed by atoms with Gasteiger partial charge in [-0.05, 0) is 19.9 Å². The van der Waals surface area contributed by atoms with E-state index in [4.69, 9.17) is 5.73 Å². The molecule has 2 rings (SSSR count). The van der Waals surface area contributed by atoms with E-state index in [0.29, 0.717) is 12.1 Å². The molecule has 3 N–H and O–H groups in total. The number of nitrogens with zero attached hydrogens (tertiary/aromatic N) is 1. The monoisotopic (exact) mass is 305 g/mol. The number of carbonyl (C=O) groups excluding carboxylic acids is 1. The van der Waals surface area contributed by atoms with E-state index >= 15 is 0 Å². The molecule has 0 radical (unpaired) electrons. The Kier molecular flexibility index (Phi) is 4.90. The molecule has 2 aromatic rings. The number of rotatable bonds is 3. The highest BCUT2D eigenvalue weighted by atomic mass is 32.1. The van der Waals surface area contributed by atoms with Crippen LogP contribution in [0, 0.1) is 18.8 Å². The van der Waals surface area contributed by atoms with E-state index in [2.05, 4.69) is 22.1 Å². The summed E-state index contributed by atoms with van der Waals surface area (Å²) in [6.07, 6.45) is 0. The smallest absolute Gasteiger partial charge is 0.252 e. The summed E-state index contributed by atoms with van der Waals surface area (Å²) in [5, 5.41) is 7.63. The predicted octanol–water partition coefficient (Wildman–Crippen LogP) is 2.31. The molecular weight excluding hydrogens is 290 g/mol. The molecule has 0 aromatic carbocycles. The first-order valence-electron chi connectivity index (χ1n) is 6.10. The maximum atomic E-state index is 12.1. The Morgan fingerprint density at radius 2 is 2.30 bits per heavy atom. The van der Waals surface area contributed by atoms with Crippen LogP contribution in [0.25, 0.3) is 0 Å². The number of thiazole rings is 1. The topological polar surface area (TPSA) is 68.0 Å². The highest BCUT2D eigenvalue weighted by Crippen LogP contribution is 2.19. The lowest BCUT2D eigenvalue weighted by Crippen LogP contribution is -2.26. The van der Waals surface area contributed by atoms with Crippen LogP contribution in [-0.2, 0) is 0 Å². The first-order valence-corrected chi connectivity index (χ1v) is 7.86. The van der Waals surface area contributed by atoms with Crippen LogP contribution in [0.1, 0.15) is 38.9 Å². The van der Waals surface area contributed by atoms with E-state index in [-0.39, 0.29) is 11.9 Å². The molecular formula is C14H15N3OS2. The summed E-state index contributed by atoms with van der Waals surface area (Å²) in [7, 11) is 0. The van der Waals surface area contributed by atoms with Gasteiger partial charge in [0.25, 0.3) is 5.91 Å². The lowest BCUT2D eigenvalue weighted by atomic mass is 10.2. The Bertz CT molecular complexity index is 663. The van der Waals surface area contributed by atoms with Crippen molar-refractivity contribution >= 4 is 28.6 Å². The summed E-state index contributed by atoms with van der Waals surface area (Å²) in [6, 6.07) is 1.68. The molecule has 20 heavy (non-hydrogen) atoms. The Morgan fingerprint density at radius 1 is 1.50 bits per heavy atom. The van der Waals surface area contributed by atoms with Gasteiger partial charge in [0.2, 0.25) is 0 Å². The molecule has 0 aliphatic rings. The molecule has 1 unspecified atom stereocenters. The number of thiophene rings is 1. The number of aryl methyl sites for hydroxylation is 1. The second-order valence-corrected chi connectivity index (χ2v) is 6.03. The fraction of sp³-hybridized carbons (Fsp3) is 0.286. The Morgan fingerprint density at radius 3 is 2.95 bits per heavy atom. The summed E-state index contributed by atoms with van der Waals surface area (Å²) in [4.78, 5) is 17.3.